The van der Waals surface area contributed by atoms with Crippen LogP contribution in [-0.4, -0.2) is 39.5 Å². The van der Waals surface area contributed by atoms with E-state index >= 15 is 0 Å². The van der Waals surface area contributed by atoms with Crippen molar-refractivity contribution in [3.8, 4) is 0 Å². The summed E-state index contributed by atoms with van der Waals surface area (Å²) in [5.41, 5.74) is 0.908. The Bertz CT molecular complexity index is 755. The van der Waals surface area contributed by atoms with Gasteiger partial charge in [-0.05, 0) is 35.9 Å². The van der Waals surface area contributed by atoms with E-state index in [1.807, 2.05) is 42.0 Å². The monoisotopic (exact) mass is 334 g/mol. The molecule has 2 unspecified atom stereocenters. The second-order valence-corrected chi connectivity index (χ2v) is 6.76. The highest BCUT2D eigenvalue weighted by atomic mass is 35.5. The molecule has 1 amide bonds. The maximum absolute atomic E-state index is 12.6. The van der Waals surface area contributed by atoms with Crippen LogP contribution in [0.2, 0.25) is 5.02 Å². The minimum atomic E-state index is -0.826. The highest BCUT2D eigenvalue weighted by Gasteiger charge is 2.31. The predicted octanol–water partition coefficient (Wildman–Crippen LogP) is 2.86. The number of carboxylic acids is 1. The molecule has 3 rings (SSSR count). The maximum atomic E-state index is 12.6. The topological polar surface area (TPSA) is 62.5 Å². The first kappa shape index (κ1) is 15.9. The van der Waals surface area contributed by atoms with Crippen molar-refractivity contribution >= 4 is 34.4 Å². The van der Waals surface area contributed by atoms with E-state index < -0.39 is 11.9 Å². The summed E-state index contributed by atoms with van der Waals surface area (Å²) >= 11 is 6.03. The minimum Gasteiger partial charge on any atom is -0.481 e. The van der Waals surface area contributed by atoms with E-state index in [9.17, 15) is 14.7 Å². The zero-order valence-corrected chi connectivity index (χ0v) is 13.7. The van der Waals surface area contributed by atoms with Crippen LogP contribution < -0.4 is 0 Å². The van der Waals surface area contributed by atoms with Crippen molar-refractivity contribution in [2.24, 2.45) is 11.8 Å². The number of carboxylic acid groups (broad SMARTS) is 1. The average Bonchev–Trinajstić information content (AvgIpc) is 2.89. The zero-order chi connectivity index (χ0) is 16.6. The lowest BCUT2D eigenvalue weighted by Gasteiger charge is -2.34. The number of fused-ring (bicyclic) bond motifs is 1. The standard InChI is InChI=1S/C17H19ClN2O3/c1-11-6-13(17(22)23)9-20(8-11)16(21)10-19-5-4-12-2-3-14(18)7-15(12)19/h2-5,7,11,13H,6,8-10H2,1H3,(H,22,23). The van der Waals surface area contributed by atoms with Gasteiger partial charge >= 0.3 is 5.97 Å². The number of halogens is 1. The molecule has 0 aliphatic carbocycles. The van der Waals surface area contributed by atoms with Gasteiger partial charge in [-0.25, -0.2) is 0 Å². The first-order valence-electron chi connectivity index (χ1n) is 7.69. The van der Waals surface area contributed by atoms with Crippen LogP contribution in [0, 0.1) is 11.8 Å². The Labute approximate surface area is 139 Å². The normalized spacial score (nSPS) is 21.6. The number of likely N-dealkylation sites (tertiary alicyclic amines) is 1. The van der Waals surface area contributed by atoms with Gasteiger partial charge in [0.25, 0.3) is 0 Å². The van der Waals surface area contributed by atoms with Crippen LogP contribution in [-0.2, 0) is 16.1 Å². The van der Waals surface area contributed by atoms with Crippen LogP contribution in [0.25, 0.3) is 10.9 Å². The van der Waals surface area contributed by atoms with Gasteiger partial charge in [-0.3, -0.25) is 9.59 Å². The van der Waals surface area contributed by atoms with E-state index in [-0.39, 0.29) is 18.4 Å². The minimum absolute atomic E-state index is 0.0553. The van der Waals surface area contributed by atoms with E-state index in [1.165, 1.54) is 0 Å². The van der Waals surface area contributed by atoms with Crippen molar-refractivity contribution in [3.05, 3.63) is 35.5 Å². The van der Waals surface area contributed by atoms with Gasteiger partial charge in [-0.2, -0.15) is 0 Å². The number of benzene rings is 1. The summed E-state index contributed by atoms with van der Waals surface area (Å²) < 4.78 is 1.86. The molecule has 1 N–H and O–H groups in total. The quantitative estimate of drug-likeness (QED) is 0.938. The third kappa shape index (κ3) is 3.34. The molecule has 1 fully saturated rings. The number of aromatic nitrogens is 1. The van der Waals surface area contributed by atoms with Gasteiger partial charge in [0.1, 0.15) is 6.54 Å². The van der Waals surface area contributed by atoms with E-state index in [2.05, 4.69) is 0 Å². The summed E-state index contributed by atoms with van der Waals surface area (Å²) in [5, 5.41) is 10.9. The summed E-state index contributed by atoms with van der Waals surface area (Å²) in [7, 11) is 0. The molecule has 1 aliphatic rings. The molecule has 0 radical (unpaired) electrons. The van der Waals surface area contributed by atoms with Crippen LogP contribution in [0.3, 0.4) is 0 Å². The second kappa shape index (κ2) is 6.24. The van der Waals surface area contributed by atoms with Crippen molar-refractivity contribution < 1.29 is 14.7 Å². The Morgan fingerprint density at radius 1 is 1.30 bits per heavy atom. The van der Waals surface area contributed by atoms with Crippen LogP contribution in [0.15, 0.2) is 30.5 Å². The average molecular weight is 335 g/mol. The number of piperidine rings is 1. The molecule has 6 heteroatoms. The number of carbonyl (C=O) groups excluding carboxylic acids is 1. The smallest absolute Gasteiger partial charge is 0.308 e. The molecule has 2 heterocycles. The van der Waals surface area contributed by atoms with Gasteiger partial charge < -0.3 is 14.6 Å². The fourth-order valence-corrected chi connectivity index (χ4v) is 3.44. The van der Waals surface area contributed by atoms with Crippen molar-refractivity contribution in [1.29, 1.82) is 0 Å². The number of hydrogen-bond acceptors (Lipinski definition) is 2. The molecule has 1 aromatic carbocycles. The Morgan fingerprint density at radius 2 is 2.09 bits per heavy atom. The Kier molecular flexibility index (Phi) is 4.31. The SMILES string of the molecule is CC1CC(C(=O)O)CN(C(=O)Cn2ccc3ccc(Cl)cc32)C1. The summed E-state index contributed by atoms with van der Waals surface area (Å²) in [6.45, 7) is 3.09. The fraction of sp³-hybridized carbons (Fsp3) is 0.412. The lowest BCUT2D eigenvalue weighted by Crippen LogP contribution is -2.46. The molecule has 0 bridgehead atoms. The first-order chi connectivity index (χ1) is 10.9. The number of rotatable bonds is 3. The molecule has 1 aliphatic heterocycles. The Morgan fingerprint density at radius 3 is 2.83 bits per heavy atom. The number of amides is 1. The molecule has 1 aromatic heterocycles. The highest BCUT2D eigenvalue weighted by molar-refractivity contribution is 6.31. The molecular formula is C17H19ClN2O3. The van der Waals surface area contributed by atoms with Gasteiger partial charge in [-0.1, -0.05) is 24.6 Å². The number of hydrogen-bond donors (Lipinski definition) is 1. The molecule has 0 spiro atoms. The van der Waals surface area contributed by atoms with E-state index in [0.717, 1.165) is 10.9 Å². The van der Waals surface area contributed by atoms with Crippen LogP contribution >= 0.6 is 11.6 Å². The molecule has 0 saturated carbocycles. The van der Waals surface area contributed by atoms with Crippen molar-refractivity contribution in [3.63, 3.8) is 0 Å². The summed E-state index contributed by atoms with van der Waals surface area (Å²) in [5.74, 6) is -1.16. The lowest BCUT2D eigenvalue weighted by atomic mass is 9.90. The highest BCUT2D eigenvalue weighted by Crippen LogP contribution is 2.24. The van der Waals surface area contributed by atoms with E-state index in [0.29, 0.717) is 24.5 Å². The van der Waals surface area contributed by atoms with Crippen molar-refractivity contribution in [1.82, 2.24) is 9.47 Å². The summed E-state index contributed by atoms with van der Waals surface area (Å²) in [6.07, 6.45) is 2.49. The number of aliphatic carboxylic acids is 1. The summed E-state index contributed by atoms with van der Waals surface area (Å²) in [4.78, 5) is 25.5. The molecule has 5 nitrogen and oxygen atoms in total. The molecular weight excluding hydrogens is 316 g/mol. The van der Waals surface area contributed by atoms with Crippen molar-refractivity contribution in [2.45, 2.75) is 19.9 Å². The molecule has 122 valence electrons. The summed E-state index contributed by atoms with van der Waals surface area (Å²) in [6, 6.07) is 7.52. The van der Waals surface area contributed by atoms with Gasteiger partial charge in [0.2, 0.25) is 5.91 Å². The molecule has 1 saturated heterocycles. The maximum Gasteiger partial charge on any atom is 0.308 e. The van der Waals surface area contributed by atoms with Gasteiger partial charge in [0, 0.05) is 29.8 Å². The third-order valence-corrected chi connectivity index (χ3v) is 4.64. The fourth-order valence-electron chi connectivity index (χ4n) is 3.27. The van der Waals surface area contributed by atoms with Crippen LogP contribution in [0.1, 0.15) is 13.3 Å². The molecule has 23 heavy (non-hydrogen) atoms. The predicted molar refractivity (Wildman–Crippen MR) is 88.4 cm³/mol. The largest absolute Gasteiger partial charge is 0.481 e. The van der Waals surface area contributed by atoms with Crippen LogP contribution in [0.5, 0.6) is 0 Å². The second-order valence-electron chi connectivity index (χ2n) is 6.32. The third-order valence-electron chi connectivity index (χ3n) is 4.40. The first-order valence-corrected chi connectivity index (χ1v) is 8.07. The number of carbonyl (C=O) groups is 2. The van der Waals surface area contributed by atoms with Gasteiger partial charge in [0.05, 0.1) is 5.92 Å². The van der Waals surface area contributed by atoms with Gasteiger partial charge in [-0.15, -0.1) is 0 Å². The van der Waals surface area contributed by atoms with E-state index in [1.54, 1.807) is 4.90 Å². The number of nitrogens with zero attached hydrogens (tertiary/aromatic N) is 2. The Balaban J connectivity index is 1.77. The molecule has 2 atom stereocenters. The molecule has 2 aromatic rings. The van der Waals surface area contributed by atoms with E-state index in [4.69, 9.17) is 11.6 Å². The zero-order valence-electron chi connectivity index (χ0n) is 12.9. The lowest BCUT2D eigenvalue weighted by molar-refractivity contribution is -0.147. The van der Waals surface area contributed by atoms with Crippen molar-refractivity contribution in [2.75, 3.05) is 13.1 Å². The Hall–Kier alpha value is -2.01. The van der Waals surface area contributed by atoms with Crippen LogP contribution in [0.4, 0.5) is 0 Å². The van der Waals surface area contributed by atoms with Gasteiger partial charge in [0.15, 0.2) is 0 Å².